The minimum atomic E-state index is -0.0448. The molecule has 0 radical (unpaired) electrons. The molecule has 2 heterocycles. The molecule has 1 saturated carbocycles. The zero-order valence-electron chi connectivity index (χ0n) is 13.2. The molecule has 7 nitrogen and oxygen atoms in total. The van der Waals surface area contributed by atoms with Crippen LogP contribution in [-0.2, 0) is 11.2 Å². The van der Waals surface area contributed by atoms with Crippen molar-refractivity contribution in [3.63, 3.8) is 0 Å². The second-order valence-corrected chi connectivity index (χ2v) is 6.84. The van der Waals surface area contributed by atoms with E-state index in [1.54, 1.807) is 13.2 Å². The minimum absolute atomic E-state index is 0.0448. The maximum Gasteiger partial charge on any atom is 0.234 e. The Kier molecular flexibility index (Phi) is 3.89. The second kappa shape index (κ2) is 6.20. The first kappa shape index (κ1) is 15.1. The van der Waals surface area contributed by atoms with E-state index < -0.39 is 0 Å². The van der Waals surface area contributed by atoms with Crippen LogP contribution in [0.5, 0.6) is 5.75 Å². The van der Waals surface area contributed by atoms with Crippen molar-refractivity contribution in [1.82, 2.24) is 19.8 Å². The van der Waals surface area contributed by atoms with Crippen molar-refractivity contribution in [2.45, 2.75) is 31.6 Å². The number of hydrogen-bond acceptors (Lipinski definition) is 6. The number of ether oxygens (including phenoxy) is 1. The van der Waals surface area contributed by atoms with Crippen LogP contribution in [0.15, 0.2) is 24.3 Å². The SMILES string of the molecule is COc1cccc(NC(=O)CCc2nn3c(C4CC4)nnc3s2)c1. The third kappa shape index (κ3) is 3.09. The molecule has 3 aromatic rings. The van der Waals surface area contributed by atoms with E-state index in [1.165, 1.54) is 11.3 Å². The Bertz CT molecular complexity index is 884. The molecule has 1 fully saturated rings. The van der Waals surface area contributed by atoms with E-state index in [4.69, 9.17) is 4.74 Å². The summed E-state index contributed by atoms with van der Waals surface area (Å²) < 4.78 is 6.98. The predicted molar refractivity (Wildman–Crippen MR) is 90.6 cm³/mol. The molecule has 0 spiro atoms. The van der Waals surface area contributed by atoms with Gasteiger partial charge in [0.15, 0.2) is 5.82 Å². The van der Waals surface area contributed by atoms with Crippen molar-refractivity contribution in [1.29, 1.82) is 0 Å². The van der Waals surface area contributed by atoms with Crippen molar-refractivity contribution in [2.75, 3.05) is 12.4 Å². The number of anilines is 1. The van der Waals surface area contributed by atoms with E-state index in [-0.39, 0.29) is 5.91 Å². The summed E-state index contributed by atoms with van der Waals surface area (Å²) in [6, 6.07) is 7.32. The fraction of sp³-hybridized carbons (Fsp3) is 0.375. The van der Waals surface area contributed by atoms with Gasteiger partial charge in [-0.3, -0.25) is 4.79 Å². The number of carbonyl (C=O) groups excluding carboxylic acids is 1. The highest BCUT2D eigenvalue weighted by molar-refractivity contribution is 7.16. The number of fused-ring (bicyclic) bond motifs is 1. The first-order valence-corrected chi connectivity index (χ1v) is 8.69. The van der Waals surface area contributed by atoms with E-state index in [1.807, 2.05) is 22.7 Å². The fourth-order valence-electron chi connectivity index (χ4n) is 2.51. The molecule has 4 rings (SSSR count). The molecule has 1 N–H and O–H groups in total. The summed E-state index contributed by atoms with van der Waals surface area (Å²) in [6.45, 7) is 0. The fourth-order valence-corrected chi connectivity index (χ4v) is 3.35. The maximum atomic E-state index is 12.1. The number of nitrogens with one attached hydrogen (secondary N) is 1. The maximum absolute atomic E-state index is 12.1. The number of carbonyl (C=O) groups is 1. The van der Waals surface area contributed by atoms with Gasteiger partial charge in [0, 0.05) is 30.5 Å². The highest BCUT2D eigenvalue weighted by Crippen LogP contribution is 2.39. The molecule has 0 unspecified atom stereocenters. The summed E-state index contributed by atoms with van der Waals surface area (Å²) in [5, 5.41) is 16.7. The molecule has 1 aromatic carbocycles. The lowest BCUT2D eigenvalue weighted by atomic mass is 10.2. The number of rotatable bonds is 6. The first-order valence-electron chi connectivity index (χ1n) is 7.88. The highest BCUT2D eigenvalue weighted by atomic mass is 32.1. The third-order valence-corrected chi connectivity index (χ3v) is 4.88. The zero-order chi connectivity index (χ0) is 16.5. The van der Waals surface area contributed by atoms with Gasteiger partial charge in [-0.1, -0.05) is 17.4 Å². The number of hydrogen-bond donors (Lipinski definition) is 1. The van der Waals surface area contributed by atoms with Gasteiger partial charge in [-0.05, 0) is 25.0 Å². The Morgan fingerprint density at radius 2 is 2.29 bits per heavy atom. The monoisotopic (exact) mass is 343 g/mol. The van der Waals surface area contributed by atoms with E-state index in [0.29, 0.717) is 24.5 Å². The molecule has 0 atom stereocenters. The van der Waals surface area contributed by atoms with Gasteiger partial charge in [-0.25, -0.2) is 0 Å². The van der Waals surface area contributed by atoms with Gasteiger partial charge in [-0.2, -0.15) is 9.61 Å². The highest BCUT2D eigenvalue weighted by Gasteiger charge is 2.30. The van der Waals surface area contributed by atoms with Crippen molar-refractivity contribution in [2.24, 2.45) is 0 Å². The lowest BCUT2D eigenvalue weighted by molar-refractivity contribution is -0.116. The molecule has 2 aromatic heterocycles. The molecule has 1 aliphatic rings. The van der Waals surface area contributed by atoms with E-state index in [2.05, 4.69) is 20.6 Å². The number of amides is 1. The Balaban J connectivity index is 1.38. The summed E-state index contributed by atoms with van der Waals surface area (Å²) in [4.78, 5) is 12.9. The van der Waals surface area contributed by atoms with Crippen LogP contribution in [0.25, 0.3) is 4.96 Å². The normalized spacial score (nSPS) is 14.0. The van der Waals surface area contributed by atoms with Gasteiger partial charge in [-0.15, -0.1) is 10.2 Å². The van der Waals surface area contributed by atoms with Gasteiger partial charge in [0.25, 0.3) is 0 Å². The summed E-state index contributed by atoms with van der Waals surface area (Å²) in [5.41, 5.74) is 0.730. The average Bonchev–Trinajstić information content (AvgIpc) is 3.22. The van der Waals surface area contributed by atoms with Gasteiger partial charge in [0.05, 0.1) is 7.11 Å². The second-order valence-electron chi connectivity index (χ2n) is 5.80. The molecule has 0 bridgehead atoms. The molecule has 0 aliphatic heterocycles. The summed E-state index contributed by atoms with van der Waals surface area (Å²) >= 11 is 1.50. The molecule has 24 heavy (non-hydrogen) atoms. The first-order chi connectivity index (χ1) is 11.7. The molecule has 1 aliphatic carbocycles. The topological polar surface area (TPSA) is 81.4 Å². The van der Waals surface area contributed by atoms with Gasteiger partial charge >= 0.3 is 0 Å². The number of aromatic nitrogens is 4. The van der Waals surface area contributed by atoms with Crippen LogP contribution >= 0.6 is 11.3 Å². The summed E-state index contributed by atoms with van der Waals surface area (Å²) in [6.07, 6.45) is 3.29. The van der Waals surface area contributed by atoms with Gasteiger partial charge in [0.2, 0.25) is 10.9 Å². The summed E-state index contributed by atoms with van der Waals surface area (Å²) in [5.74, 6) is 2.13. The number of nitrogens with zero attached hydrogens (tertiary/aromatic N) is 4. The Morgan fingerprint density at radius 3 is 3.08 bits per heavy atom. The van der Waals surface area contributed by atoms with Crippen molar-refractivity contribution >= 4 is 27.9 Å². The van der Waals surface area contributed by atoms with Crippen LogP contribution in [0.1, 0.15) is 36.0 Å². The molecular formula is C16H17N5O2S. The van der Waals surface area contributed by atoms with Crippen LogP contribution in [0, 0.1) is 0 Å². The minimum Gasteiger partial charge on any atom is -0.497 e. The number of aryl methyl sites for hydroxylation is 1. The molecular weight excluding hydrogens is 326 g/mol. The Hall–Kier alpha value is -2.48. The zero-order valence-corrected chi connectivity index (χ0v) is 14.0. The molecule has 0 saturated heterocycles. The van der Waals surface area contributed by atoms with E-state index in [9.17, 15) is 4.79 Å². The largest absolute Gasteiger partial charge is 0.497 e. The third-order valence-electron chi connectivity index (χ3n) is 3.92. The van der Waals surface area contributed by atoms with Crippen LogP contribution in [-0.4, -0.2) is 32.8 Å². The van der Waals surface area contributed by atoms with Gasteiger partial charge < -0.3 is 10.1 Å². The smallest absolute Gasteiger partial charge is 0.234 e. The Labute approximate surface area is 142 Å². The summed E-state index contributed by atoms with van der Waals surface area (Å²) in [7, 11) is 1.60. The standard InChI is InChI=1S/C16H17N5O2S/c1-23-12-4-2-3-11(9-12)17-13(22)7-8-14-20-21-15(10-5-6-10)18-19-16(21)24-14/h2-4,9-10H,5-8H2,1H3,(H,17,22). The predicted octanol–water partition coefficient (Wildman–Crippen LogP) is 2.64. The van der Waals surface area contributed by atoms with Crippen molar-refractivity contribution in [3.05, 3.63) is 35.1 Å². The lowest BCUT2D eigenvalue weighted by Crippen LogP contribution is -2.12. The van der Waals surface area contributed by atoms with E-state index >= 15 is 0 Å². The van der Waals surface area contributed by atoms with Crippen LogP contribution in [0.4, 0.5) is 5.69 Å². The van der Waals surface area contributed by atoms with Crippen molar-refractivity contribution < 1.29 is 9.53 Å². The molecule has 124 valence electrons. The van der Waals surface area contributed by atoms with E-state index in [0.717, 1.165) is 34.3 Å². The average molecular weight is 343 g/mol. The number of methoxy groups -OCH3 is 1. The van der Waals surface area contributed by atoms with Gasteiger partial charge in [0.1, 0.15) is 10.8 Å². The van der Waals surface area contributed by atoms with Crippen LogP contribution in [0.2, 0.25) is 0 Å². The van der Waals surface area contributed by atoms with Crippen LogP contribution < -0.4 is 10.1 Å². The molecule has 1 amide bonds. The quantitative estimate of drug-likeness (QED) is 0.744. The lowest BCUT2D eigenvalue weighted by Gasteiger charge is -2.06. The van der Waals surface area contributed by atoms with Crippen molar-refractivity contribution in [3.8, 4) is 5.75 Å². The van der Waals surface area contributed by atoms with Crippen LogP contribution in [0.3, 0.4) is 0 Å². The number of benzene rings is 1. The Morgan fingerprint density at radius 1 is 1.42 bits per heavy atom. The molecule has 8 heteroatoms.